The molecule has 0 fully saturated rings. The number of aliphatic hydroxyl groups is 1. The predicted molar refractivity (Wildman–Crippen MR) is 76.5 cm³/mol. The quantitative estimate of drug-likeness (QED) is 0.627. The van der Waals surface area contributed by atoms with Crippen molar-refractivity contribution in [2.24, 2.45) is 5.73 Å². The topological polar surface area (TPSA) is 93.5 Å². The molecule has 2 aromatic rings. The number of allylic oxidation sites excluding steroid dienone is 1. The van der Waals surface area contributed by atoms with Gasteiger partial charge in [-0.1, -0.05) is 0 Å². The van der Waals surface area contributed by atoms with Crippen LogP contribution in [0.1, 0.15) is 27.2 Å². The van der Waals surface area contributed by atoms with Crippen LogP contribution < -0.4 is 5.73 Å². The van der Waals surface area contributed by atoms with Gasteiger partial charge in [-0.15, -0.1) is 0 Å². The molecule has 3 N–H and O–H groups in total. The van der Waals surface area contributed by atoms with E-state index in [9.17, 15) is 14.7 Å². The number of rotatable bonds is 2. The molecule has 0 spiro atoms. The van der Waals surface area contributed by atoms with Crippen LogP contribution in [-0.2, 0) is 4.79 Å². The molecule has 98 valence electrons. The Morgan fingerprint density at radius 2 is 2.20 bits per heavy atom. The fraction of sp³-hybridized carbons (Fsp3) is 0. The van der Waals surface area contributed by atoms with Crippen molar-refractivity contribution in [1.29, 1.82) is 0 Å². The number of hydrogen-bond acceptors (Lipinski definition) is 6. The van der Waals surface area contributed by atoms with Gasteiger partial charge in [-0.25, -0.2) is 0 Å². The maximum absolute atomic E-state index is 12.3. The average molecular weight is 285 g/mol. The fourth-order valence-corrected chi connectivity index (χ4v) is 2.69. The van der Waals surface area contributed by atoms with Crippen molar-refractivity contribution in [3.05, 3.63) is 51.2 Å². The molecular formula is C13H8BNO4S. The van der Waals surface area contributed by atoms with Gasteiger partial charge in [-0.05, 0) is 0 Å². The molecular weight excluding hydrogens is 277 g/mol. The van der Waals surface area contributed by atoms with Crippen LogP contribution in [0.5, 0.6) is 0 Å². The first-order chi connectivity index (χ1) is 9.52. The van der Waals surface area contributed by atoms with Gasteiger partial charge in [0.05, 0.1) is 0 Å². The third kappa shape index (κ3) is 1.60. The summed E-state index contributed by atoms with van der Waals surface area (Å²) in [6, 6.07) is 1.67. The molecule has 7 heteroatoms. The molecule has 0 bridgehead atoms. The van der Waals surface area contributed by atoms with Crippen LogP contribution in [0.25, 0.3) is 5.76 Å². The standard InChI is InChI=1S/C13H8BNO4S/c14-8-7-6(10(16)5-1-2-20-4-5)3-19-13(7)12(18)9(15)11(8)17/h1-4,14,18H,15H2. The molecule has 0 aromatic carbocycles. The Hall–Kier alpha value is -2.41. The van der Waals surface area contributed by atoms with Gasteiger partial charge in [0.2, 0.25) is 0 Å². The van der Waals surface area contributed by atoms with Crippen molar-refractivity contribution >= 4 is 41.6 Å². The molecule has 0 aliphatic heterocycles. The number of aliphatic hydroxyl groups excluding tert-OH is 1. The number of carbonyl (C=O) groups excluding carboxylic acids is 2. The van der Waals surface area contributed by atoms with Crippen molar-refractivity contribution in [2.75, 3.05) is 0 Å². The molecule has 2 heterocycles. The summed E-state index contributed by atoms with van der Waals surface area (Å²) in [4.78, 5) is 24.2. The predicted octanol–water partition coefficient (Wildman–Crippen LogP) is 0.761. The number of Topliss-reactive ketones (excluding diaryl/α,β-unsaturated/α-hetero) is 1. The first-order valence-corrected chi connectivity index (χ1v) is 6.58. The minimum atomic E-state index is -0.601. The van der Waals surface area contributed by atoms with E-state index < -0.39 is 11.5 Å². The van der Waals surface area contributed by atoms with E-state index in [2.05, 4.69) is 7.49 Å². The summed E-state index contributed by atoms with van der Waals surface area (Å²) in [6.45, 7) is 0. The van der Waals surface area contributed by atoms with E-state index in [1.54, 1.807) is 16.8 Å². The first kappa shape index (κ1) is 12.6. The first-order valence-electron chi connectivity index (χ1n) is 5.63. The molecule has 0 saturated heterocycles. The molecule has 1 aliphatic carbocycles. The van der Waals surface area contributed by atoms with E-state index >= 15 is 0 Å². The van der Waals surface area contributed by atoms with Gasteiger partial charge in [-0.2, -0.15) is 0 Å². The fourth-order valence-electron chi connectivity index (χ4n) is 2.05. The summed E-state index contributed by atoms with van der Waals surface area (Å²) in [5, 5.41) is 13.3. The van der Waals surface area contributed by atoms with Gasteiger partial charge in [-0.3, -0.25) is 0 Å². The van der Waals surface area contributed by atoms with E-state index in [-0.39, 0.29) is 33.8 Å². The third-order valence-electron chi connectivity index (χ3n) is 3.11. The summed E-state index contributed by atoms with van der Waals surface area (Å²) in [6.07, 6.45) is 1.21. The molecule has 1 aliphatic rings. The van der Waals surface area contributed by atoms with E-state index in [1.165, 1.54) is 17.6 Å². The van der Waals surface area contributed by atoms with Crippen LogP contribution in [0, 0.1) is 0 Å². The Morgan fingerprint density at radius 1 is 1.45 bits per heavy atom. The minimum absolute atomic E-state index is 0.00526. The molecule has 0 saturated carbocycles. The van der Waals surface area contributed by atoms with Crippen molar-refractivity contribution < 1.29 is 19.1 Å². The molecule has 3 rings (SSSR count). The second-order valence-corrected chi connectivity index (χ2v) is 5.04. The maximum atomic E-state index is 12.3. The van der Waals surface area contributed by atoms with Gasteiger partial charge < -0.3 is 0 Å². The molecule has 0 radical (unpaired) electrons. The molecule has 0 unspecified atom stereocenters. The van der Waals surface area contributed by atoms with Crippen molar-refractivity contribution in [2.45, 2.75) is 0 Å². The van der Waals surface area contributed by atoms with E-state index in [4.69, 9.17) is 10.2 Å². The van der Waals surface area contributed by atoms with Gasteiger partial charge in [0, 0.05) is 0 Å². The van der Waals surface area contributed by atoms with Gasteiger partial charge in [0.25, 0.3) is 0 Å². The molecule has 0 amide bonds. The summed E-state index contributed by atoms with van der Waals surface area (Å²) < 4.78 is 5.19. The van der Waals surface area contributed by atoms with Crippen LogP contribution in [0.3, 0.4) is 0 Å². The zero-order chi connectivity index (χ0) is 14.4. The second-order valence-electron chi connectivity index (χ2n) is 4.26. The number of fused-ring (bicyclic) bond motifs is 1. The summed E-state index contributed by atoms with van der Waals surface area (Å²) in [7, 11) is 3.63. The number of nitrogens with two attached hydrogens (primary N) is 1. The number of thiophene rings is 1. The van der Waals surface area contributed by atoms with Gasteiger partial charge in [0.15, 0.2) is 0 Å². The third-order valence-corrected chi connectivity index (χ3v) is 3.79. The number of hydrogen-bond donors (Lipinski definition) is 2. The van der Waals surface area contributed by atoms with Crippen LogP contribution >= 0.6 is 11.3 Å². The number of carbonyl (C=O) groups is 2. The Bertz CT molecular complexity index is 785. The Labute approximate surface area is 118 Å². The van der Waals surface area contributed by atoms with Crippen LogP contribution in [-0.4, -0.2) is 29.6 Å². The Kier molecular flexibility index (Phi) is 2.72. The summed E-state index contributed by atoms with van der Waals surface area (Å²) in [5.74, 6) is -1.35. The zero-order valence-corrected chi connectivity index (χ0v) is 11.0. The summed E-state index contributed by atoms with van der Waals surface area (Å²) >= 11 is 1.39. The van der Waals surface area contributed by atoms with Crippen molar-refractivity contribution in [1.82, 2.24) is 0 Å². The normalized spacial score (nSPS) is 14.6. The average Bonchev–Trinajstić information content (AvgIpc) is 3.10. The number of ketones is 2. The number of furan rings is 1. The van der Waals surface area contributed by atoms with Crippen LogP contribution in [0.4, 0.5) is 0 Å². The van der Waals surface area contributed by atoms with Crippen molar-refractivity contribution in [3.8, 4) is 0 Å². The Balaban J connectivity index is 2.20. The molecule has 2 aromatic heterocycles. The Morgan fingerprint density at radius 3 is 2.85 bits per heavy atom. The van der Waals surface area contributed by atoms with Crippen molar-refractivity contribution in [3.63, 3.8) is 0 Å². The van der Waals surface area contributed by atoms with Gasteiger partial charge >= 0.3 is 118 Å². The summed E-state index contributed by atoms with van der Waals surface area (Å²) in [5.41, 5.74) is 6.08. The van der Waals surface area contributed by atoms with Gasteiger partial charge in [0.1, 0.15) is 0 Å². The van der Waals surface area contributed by atoms with E-state index in [1.807, 2.05) is 0 Å². The zero-order valence-electron chi connectivity index (χ0n) is 10.2. The molecule has 0 atom stereocenters. The van der Waals surface area contributed by atoms with E-state index in [0.29, 0.717) is 5.56 Å². The monoisotopic (exact) mass is 285 g/mol. The van der Waals surface area contributed by atoms with E-state index in [0.717, 1.165) is 0 Å². The van der Waals surface area contributed by atoms with Crippen LogP contribution in [0.15, 0.2) is 33.2 Å². The second kappa shape index (κ2) is 4.31. The SMILES string of the molecule is B=C1C(=O)C(N)=C(O)c2occ(C(=O)c3ccsc3)c21. The molecule has 5 nitrogen and oxygen atoms in total. The molecule has 20 heavy (non-hydrogen) atoms. The van der Waals surface area contributed by atoms with Crippen LogP contribution in [0.2, 0.25) is 0 Å².